The lowest BCUT2D eigenvalue weighted by Crippen LogP contribution is -2.62. The average Bonchev–Trinajstić information content (AvgIpc) is 3.65. The summed E-state index contributed by atoms with van der Waals surface area (Å²) >= 11 is 0. The van der Waals surface area contributed by atoms with Crippen molar-refractivity contribution < 1.29 is 28.2 Å². The van der Waals surface area contributed by atoms with Crippen molar-refractivity contribution in [1.82, 2.24) is 14.9 Å². The van der Waals surface area contributed by atoms with E-state index >= 15 is 0 Å². The first-order valence-electron chi connectivity index (χ1n) is 13.4. The predicted molar refractivity (Wildman–Crippen MR) is 137 cm³/mol. The van der Waals surface area contributed by atoms with Gasteiger partial charge in [0, 0.05) is 55.9 Å². The van der Waals surface area contributed by atoms with Gasteiger partial charge in [-0.15, -0.1) is 0 Å². The number of rotatable bonds is 10. The average molecular weight is 531 g/mol. The molecule has 1 amide bonds. The summed E-state index contributed by atoms with van der Waals surface area (Å²) in [4.78, 5) is 24.8. The van der Waals surface area contributed by atoms with Gasteiger partial charge in [0.1, 0.15) is 17.4 Å². The van der Waals surface area contributed by atoms with Gasteiger partial charge in [0.25, 0.3) is 0 Å². The minimum atomic E-state index is -0.922. The first-order valence-corrected chi connectivity index (χ1v) is 13.4. The molecule has 0 unspecified atom stereocenters. The molecule has 2 atom stereocenters. The molecule has 3 aliphatic rings. The van der Waals surface area contributed by atoms with E-state index in [1.54, 1.807) is 14.0 Å². The van der Waals surface area contributed by atoms with Gasteiger partial charge >= 0.3 is 0 Å². The topological polar surface area (TPSA) is 88.0 Å². The molecule has 8 nitrogen and oxygen atoms in total. The molecule has 1 N–H and O–H groups in total. The number of hydrogen-bond donors (Lipinski definition) is 1. The molecule has 38 heavy (non-hydrogen) atoms. The Bertz CT molecular complexity index is 1110. The Kier molecular flexibility index (Phi) is 7.81. The van der Waals surface area contributed by atoms with Crippen LogP contribution in [0.3, 0.4) is 0 Å². The lowest BCUT2D eigenvalue weighted by atomic mass is 9.90. The highest BCUT2D eigenvalue weighted by Gasteiger charge is 2.43. The van der Waals surface area contributed by atoms with Crippen molar-refractivity contribution in [3.63, 3.8) is 0 Å². The minimum absolute atomic E-state index is 0.144. The molecular formula is C28H36F2N4O4. The molecule has 0 radical (unpaired) electrons. The summed E-state index contributed by atoms with van der Waals surface area (Å²) in [7, 11) is 1.65. The van der Waals surface area contributed by atoms with Gasteiger partial charge in [-0.1, -0.05) is 0 Å². The third-order valence-corrected chi connectivity index (χ3v) is 8.02. The lowest BCUT2D eigenvalue weighted by molar-refractivity contribution is -0.151. The minimum Gasteiger partial charge on any atom is -0.493 e. The summed E-state index contributed by atoms with van der Waals surface area (Å²) in [6.07, 6.45) is 7.50. The molecule has 0 spiro atoms. The van der Waals surface area contributed by atoms with Gasteiger partial charge in [-0.05, 0) is 50.4 Å². The van der Waals surface area contributed by atoms with E-state index < -0.39 is 23.1 Å². The van der Waals surface area contributed by atoms with Gasteiger partial charge in [0.2, 0.25) is 11.9 Å². The Morgan fingerprint density at radius 3 is 2.42 bits per heavy atom. The zero-order chi connectivity index (χ0) is 26.9. The van der Waals surface area contributed by atoms with Crippen LogP contribution in [0.1, 0.15) is 43.7 Å². The normalized spacial score (nSPS) is 22.8. The number of methoxy groups -OCH3 is 1. The molecule has 1 aromatic heterocycles. The molecule has 10 heteroatoms. The van der Waals surface area contributed by atoms with Crippen LogP contribution in [0.5, 0.6) is 5.75 Å². The number of halogens is 2. The van der Waals surface area contributed by atoms with Gasteiger partial charge in [-0.2, -0.15) is 0 Å². The fourth-order valence-electron chi connectivity index (χ4n) is 5.84. The number of likely N-dealkylation sites (tertiary alicyclic amines) is 1. The van der Waals surface area contributed by atoms with E-state index in [2.05, 4.69) is 14.9 Å². The maximum Gasteiger partial charge on any atom is 0.227 e. The van der Waals surface area contributed by atoms with Crippen LogP contribution in [0.25, 0.3) is 0 Å². The van der Waals surface area contributed by atoms with Gasteiger partial charge < -0.3 is 24.4 Å². The highest BCUT2D eigenvalue weighted by Crippen LogP contribution is 2.49. The summed E-state index contributed by atoms with van der Waals surface area (Å²) in [5, 5.41) is 9.77. The Balaban J connectivity index is 1.03. The number of ether oxygens (including phenoxy) is 2. The van der Waals surface area contributed by atoms with Crippen LogP contribution in [0.2, 0.25) is 0 Å². The van der Waals surface area contributed by atoms with Crippen molar-refractivity contribution in [3.05, 3.63) is 47.3 Å². The largest absolute Gasteiger partial charge is 0.493 e. The van der Waals surface area contributed by atoms with E-state index in [0.717, 1.165) is 56.0 Å². The van der Waals surface area contributed by atoms with Crippen LogP contribution < -0.4 is 9.64 Å². The number of aliphatic hydroxyl groups is 1. The summed E-state index contributed by atoms with van der Waals surface area (Å²) < 4.78 is 39.9. The molecule has 2 aliphatic heterocycles. The van der Waals surface area contributed by atoms with E-state index in [4.69, 9.17) is 9.47 Å². The second-order valence-corrected chi connectivity index (χ2v) is 11.2. The first-order chi connectivity index (χ1) is 18.2. The predicted octanol–water partition coefficient (Wildman–Crippen LogP) is 3.36. The third kappa shape index (κ3) is 6.23. The van der Waals surface area contributed by atoms with E-state index in [9.17, 15) is 18.7 Å². The number of anilines is 1. The fourth-order valence-corrected chi connectivity index (χ4v) is 5.84. The second kappa shape index (κ2) is 11.1. The van der Waals surface area contributed by atoms with Crippen molar-refractivity contribution >= 4 is 11.9 Å². The van der Waals surface area contributed by atoms with E-state index in [-0.39, 0.29) is 30.8 Å². The zero-order valence-corrected chi connectivity index (χ0v) is 22.0. The number of piperidine rings is 1. The van der Waals surface area contributed by atoms with Gasteiger partial charge in [-0.3, -0.25) is 4.79 Å². The molecule has 5 rings (SSSR count). The number of β-amino-alcohol motifs (C(OH)–C–C–N with tert-alkyl or cyclic N) is 1. The molecule has 1 aliphatic carbocycles. The van der Waals surface area contributed by atoms with Crippen LogP contribution >= 0.6 is 0 Å². The molecule has 3 heterocycles. The van der Waals surface area contributed by atoms with Crippen molar-refractivity contribution in [1.29, 1.82) is 0 Å². The number of amides is 1. The number of carbonyl (C=O) groups excluding carboxylic acids is 1. The summed E-state index contributed by atoms with van der Waals surface area (Å²) in [6, 6.07) is 2.31. The highest BCUT2D eigenvalue weighted by molar-refractivity contribution is 5.80. The number of aromatic nitrogens is 2. The van der Waals surface area contributed by atoms with Crippen molar-refractivity contribution in [2.75, 3.05) is 44.8 Å². The molecule has 2 saturated heterocycles. The molecule has 1 aromatic carbocycles. The Morgan fingerprint density at radius 1 is 1.16 bits per heavy atom. The fraction of sp³-hybridized carbons (Fsp3) is 0.607. The van der Waals surface area contributed by atoms with Crippen molar-refractivity contribution in [3.8, 4) is 5.75 Å². The quantitative estimate of drug-likeness (QED) is 0.504. The highest BCUT2D eigenvalue weighted by atomic mass is 19.1. The van der Waals surface area contributed by atoms with Crippen molar-refractivity contribution in [2.24, 2.45) is 17.8 Å². The maximum absolute atomic E-state index is 14.6. The molecule has 3 fully saturated rings. The zero-order valence-electron chi connectivity index (χ0n) is 22.0. The molecule has 0 bridgehead atoms. The molecule has 1 saturated carbocycles. The third-order valence-electron chi connectivity index (χ3n) is 8.02. The smallest absolute Gasteiger partial charge is 0.227 e. The molecule has 2 aromatic rings. The van der Waals surface area contributed by atoms with E-state index in [1.165, 1.54) is 11.3 Å². The van der Waals surface area contributed by atoms with E-state index in [0.29, 0.717) is 31.0 Å². The van der Waals surface area contributed by atoms with Crippen LogP contribution in [-0.2, 0) is 22.6 Å². The van der Waals surface area contributed by atoms with Crippen molar-refractivity contribution in [2.45, 2.75) is 51.2 Å². The SMILES string of the molecule is COCc1cnc(N2CCC([C@H]3C[C@H]3CCOc3cc(F)c(CC(=O)N4CC(C)(O)C4)c(F)c3)CC2)nc1. The molecular weight excluding hydrogens is 494 g/mol. The van der Waals surface area contributed by atoms with Crippen LogP contribution in [0, 0.1) is 29.4 Å². The Hall–Kier alpha value is -2.85. The molecule has 206 valence electrons. The number of benzene rings is 1. The number of carbonyl (C=O) groups is 1. The Morgan fingerprint density at radius 2 is 1.82 bits per heavy atom. The summed E-state index contributed by atoms with van der Waals surface area (Å²) in [6.45, 7) is 4.77. The second-order valence-electron chi connectivity index (χ2n) is 11.2. The maximum atomic E-state index is 14.6. The lowest BCUT2D eigenvalue weighted by Gasteiger charge is -2.44. The van der Waals surface area contributed by atoms with Gasteiger partial charge in [0.15, 0.2) is 0 Å². The van der Waals surface area contributed by atoms with Gasteiger partial charge in [-0.25, -0.2) is 18.7 Å². The summed E-state index contributed by atoms with van der Waals surface area (Å²) in [5.74, 6) is 0.874. The Labute approximate surface area is 222 Å². The number of nitrogens with zero attached hydrogens (tertiary/aromatic N) is 4. The van der Waals surface area contributed by atoms with Crippen LogP contribution in [0.4, 0.5) is 14.7 Å². The van der Waals surface area contributed by atoms with Crippen LogP contribution in [-0.4, -0.2) is 71.4 Å². The number of hydrogen-bond acceptors (Lipinski definition) is 7. The van der Waals surface area contributed by atoms with E-state index in [1.807, 2.05) is 12.4 Å². The summed E-state index contributed by atoms with van der Waals surface area (Å²) in [5.41, 5.74) is -0.225. The van der Waals surface area contributed by atoms with Crippen LogP contribution in [0.15, 0.2) is 24.5 Å². The first kappa shape index (κ1) is 26.7. The monoisotopic (exact) mass is 530 g/mol. The van der Waals surface area contributed by atoms with Gasteiger partial charge in [0.05, 0.1) is 38.3 Å². The standard InChI is InChI=1S/C28H36F2N4O4/c1-28(36)16-34(17-28)26(35)12-23-24(29)10-21(11-25(23)30)38-8-5-20-9-22(20)19-3-6-33(7-4-19)27-31-13-18(14-32-27)15-37-2/h10-11,13-14,19-20,22,36H,3-9,12,15-17H2,1-2H3/t20-,22-/m1/s1.